The molecule has 0 aliphatic heterocycles. The lowest BCUT2D eigenvalue weighted by Crippen LogP contribution is -2.26. The molecule has 0 unspecified atom stereocenters. The third kappa shape index (κ3) is 5.94. The summed E-state index contributed by atoms with van der Waals surface area (Å²) >= 11 is 0. The largest absolute Gasteiger partial charge is 0.497 e. The number of ether oxygens (including phenoxy) is 2. The van der Waals surface area contributed by atoms with Crippen molar-refractivity contribution < 1.29 is 23.5 Å². The van der Waals surface area contributed by atoms with E-state index < -0.39 is 5.82 Å². The van der Waals surface area contributed by atoms with Gasteiger partial charge in [0.25, 0.3) is 11.8 Å². The van der Waals surface area contributed by atoms with Crippen LogP contribution in [0.2, 0.25) is 0 Å². The van der Waals surface area contributed by atoms with Gasteiger partial charge in [-0.25, -0.2) is 9.37 Å². The first-order valence-corrected chi connectivity index (χ1v) is 11.0. The maximum absolute atomic E-state index is 13.3. The number of hydrogen-bond acceptors (Lipinski definition) is 5. The van der Waals surface area contributed by atoms with Gasteiger partial charge in [-0.2, -0.15) is 0 Å². The highest BCUT2D eigenvalue weighted by molar-refractivity contribution is 5.94. The van der Waals surface area contributed by atoms with Crippen LogP contribution in [-0.4, -0.2) is 41.6 Å². The van der Waals surface area contributed by atoms with Crippen LogP contribution >= 0.6 is 0 Å². The van der Waals surface area contributed by atoms with Crippen molar-refractivity contribution in [3.8, 4) is 11.5 Å². The monoisotopic (exact) mass is 476 g/mol. The molecule has 2 amide bonds. The summed E-state index contributed by atoms with van der Waals surface area (Å²) in [5.74, 6) is 0.949. The first-order chi connectivity index (χ1) is 16.9. The van der Waals surface area contributed by atoms with E-state index in [0.29, 0.717) is 35.7 Å². The number of nitrogens with one attached hydrogen (secondary N) is 2. The molecule has 0 saturated carbocycles. The van der Waals surface area contributed by atoms with Gasteiger partial charge in [0.1, 0.15) is 23.1 Å². The third-order valence-corrected chi connectivity index (χ3v) is 5.41. The van der Waals surface area contributed by atoms with E-state index in [1.807, 2.05) is 17.7 Å². The molecule has 0 bridgehead atoms. The fourth-order valence-corrected chi connectivity index (χ4v) is 3.59. The van der Waals surface area contributed by atoms with Crippen molar-refractivity contribution in [2.45, 2.75) is 6.42 Å². The van der Waals surface area contributed by atoms with Gasteiger partial charge in [0.2, 0.25) is 0 Å². The van der Waals surface area contributed by atoms with E-state index in [1.165, 1.54) is 18.2 Å². The van der Waals surface area contributed by atoms with Gasteiger partial charge < -0.3 is 24.7 Å². The van der Waals surface area contributed by atoms with Crippen LogP contribution < -0.4 is 20.1 Å². The lowest BCUT2D eigenvalue weighted by atomic mass is 10.2. The molecule has 180 valence electrons. The van der Waals surface area contributed by atoms with E-state index in [0.717, 1.165) is 11.3 Å². The maximum atomic E-state index is 13.3. The molecule has 4 aromatic rings. The van der Waals surface area contributed by atoms with E-state index >= 15 is 0 Å². The Balaban J connectivity index is 1.33. The Morgan fingerprint density at radius 2 is 1.80 bits per heavy atom. The van der Waals surface area contributed by atoms with Gasteiger partial charge >= 0.3 is 0 Å². The molecule has 1 aromatic heterocycles. The zero-order valence-electron chi connectivity index (χ0n) is 19.4. The lowest BCUT2D eigenvalue weighted by molar-refractivity contribution is -0.118. The molecule has 8 nitrogen and oxygen atoms in total. The fraction of sp³-hybridized carbons (Fsp3) is 0.192. The van der Waals surface area contributed by atoms with Crippen molar-refractivity contribution in [3.63, 3.8) is 0 Å². The van der Waals surface area contributed by atoms with Gasteiger partial charge in [-0.1, -0.05) is 6.07 Å². The number of carbonyl (C=O) groups excluding carboxylic acids is 2. The van der Waals surface area contributed by atoms with Crippen LogP contribution in [0.3, 0.4) is 0 Å². The number of carbonyl (C=O) groups is 2. The second-order valence-electron chi connectivity index (χ2n) is 7.82. The predicted octanol–water partition coefficient (Wildman–Crippen LogP) is 3.71. The number of benzene rings is 3. The van der Waals surface area contributed by atoms with Gasteiger partial charge in [-0.3, -0.25) is 9.59 Å². The van der Waals surface area contributed by atoms with E-state index in [4.69, 9.17) is 9.47 Å². The summed E-state index contributed by atoms with van der Waals surface area (Å²) in [6, 6.07) is 18.0. The number of rotatable bonds is 9. The number of anilines is 1. The minimum atomic E-state index is -0.455. The zero-order chi connectivity index (χ0) is 24.8. The molecular weight excluding hydrogens is 451 g/mol. The molecule has 4 rings (SSSR count). The minimum absolute atomic E-state index is 0.136. The summed E-state index contributed by atoms with van der Waals surface area (Å²) in [5, 5.41) is 5.59. The normalized spacial score (nSPS) is 10.7. The lowest BCUT2D eigenvalue weighted by Gasteiger charge is -2.08. The highest BCUT2D eigenvalue weighted by Gasteiger charge is 2.12. The van der Waals surface area contributed by atoms with Crippen LogP contribution in [-0.2, 0) is 18.3 Å². The van der Waals surface area contributed by atoms with Crippen molar-refractivity contribution in [1.82, 2.24) is 14.9 Å². The summed E-state index contributed by atoms with van der Waals surface area (Å²) in [7, 11) is 3.47. The fourth-order valence-electron chi connectivity index (χ4n) is 3.59. The number of amides is 2. The van der Waals surface area contributed by atoms with Gasteiger partial charge in [0.15, 0.2) is 6.61 Å². The number of methoxy groups -OCH3 is 1. The highest BCUT2D eigenvalue weighted by atomic mass is 19.1. The molecule has 0 spiro atoms. The van der Waals surface area contributed by atoms with E-state index in [2.05, 4.69) is 15.6 Å². The van der Waals surface area contributed by atoms with Crippen LogP contribution in [0, 0.1) is 5.82 Å². The predicted molar refractivity (Wildman–Crippen MR) is 130 cm³/mol. The Bertz CT molecular complexity index is 1350. The topological polar surface area (TPSA) is 94.5 Å². The standard InChI is InChI=1S/C26H25FN4O4/c1-31-23-11-6-19(29-25(32)16-35-21-9-7-20(34-2)8-10-21)15-22(23)30-24(31)12-13-28-26(33)17-4-3-5-18(27)14-17/h3-11,14-15H,12-13,16H2,1-2H3,(H,28,33)(H,29,32). The Morgan fingerprint density at radius 1 is 1.03 bits per heavy atom. The van der Waals surface area contributed by atoms with Crippen LogP contribution in [0.4, 0.5) is 10.1 Å². The average molecular weight is 477 g/mol. The molecule has 0 aliphatic rings. The quantitative estimate of drug-likeness (QED) is 0.384. The molecule has 0 radical (unpaired) electrons. The number of hydrogen-bond donors (Lipinski definition) is 2. The second-order valence-corrected chi connectivity index (χ2v) is 7.82. The Kier molecular flexibility index (Phi) is 7.25. The molecule has 9 heteroatoms. The number of aromatic nitrogens is 2. The molecule has 3 aromatic carbocycles. The van der Waals surface area contributed by atoms with Crippen LogP contribution in [0.15, 0.2) is 66.7 Å². The van der Waals surface area contributed by atoms with Gasteiger partial charge in [0, 0.05) is 31.3 Å². The smallest absolute Gasteiger partial charge is 0.262 e. The van der Waals surface area contributed by atoms with Gasteiger partial charge in [0.05, 0.1) is 18.1 Å². The van der Waals surface area contributed by atoms with Gasteiger partial charge in [-0.15, -0.1) is 0 Å². The molecule has 1 heterocycles. The van der Waals surface area contributed by atoms with Crippen molar-refractivity contribution in [3.05, 3.63) is 83.9 Å². The van der Waals surface area contributed by atoms with Crippen molar-refractivity contribution in [2.75, 3.05) is 25.6 Å². The molecule has 0 fully saturated rings. The molecule has 0 atom stereocenters. The number of nitrogens with zero attached hydrogens (tertiary/aromatic N) is 2. The number of halogens is 1. The van der Waals surface area contributed by atoms with Crippen LogP contribution in [0.5, 0.6) is 11.5 Å². The maximum Gasteiger partial charge on any atom is 0.262 e. The Labute approximate surface area is 201 Å². The number of imidazole rings is 1. The summed E-state index contributed by atoms with van der Waals surface area (Å²) < 4.78 is 25.9. The summed E-state index contributed by atoms with van der Waals surface area (Å²) in [6.45, 7) is 0.210. The van der Waals surface area contributed by atoms with Crippen molar-refractivity contribution in [1.29, 1.82) is 0 Å². The molecule has 35 heavy (non-hydrogen) atoms. The Hall–Kier alpha value is -4.40. The summed E-state index contributed by atoms with van der Waals surface area (Å²) in [6.07, 6.45) is 0.490. The van der Waals surface area contributed by atoms with Crippen molar-refractivity contribution >= 4 is 28.5 Å². The van der Waals surface area contributed by atoms with Crippen LogP contribution in [0.25, 0.3) is 11.0 Å². The molecule has 0 saturated heterocycles. The van der Waals surface area contributed by atoms with Crippen molar-refractivity contribution in [2.24, 2.45) is 7.05 Å². The zero-order valence-corrected chi connectivity index (χ0v) is 19.4. The van der Waals surface area contributed by atoms with E-state index in [9.17, 15) is 14.0 Å². The first kappa shape index (κ1) is 23.7. The summed E-state index contributed by atoms with van der Waals surface area (Å²) in [5.41, 5.74) is 2.48. The first-order valence-electron chi connectivity index (χ1n) is 11.0. The van der Waals surface area contributed by atoms with Crippen LogP contribution in [0.1, 0.15) is 16.2 Å². The second kappa shape index (κ2) is 10.7. The Morgan fingerprint density at radius 3 is 2.54 bits per heavy atom. The molecule has 0 aliphatic carbocycles. The van der Waals surface area contributed by atoms with E-state index in [1.54, 1.807) is 49.6 Å². The SMILES string of the molecule is COc1ccc(OCC(=O)Nc2ccc3c(c2)nc(CCNC(=O)c2cccc(F)c2)n3C)cc1. The number of aryl methyl sites for hydroxylation is 1. The minimum Gasteiger partial charge on any atom is -0.497 e. The molecule has 2 N–H and O–H groups in total. The van der Waals surface area contributed by atoms with E-state index in [-0.39, 0.29) is 24.0 Å². The van der Waals surface area contributed by atoms with Gasteiger partial charge in [-0.05, 0) is 60.7 Å². The number of fused-ring (bicyclic) bond motifs is 1. The molecular formula is C26H25FN4O4. The average Bonchev–Trinajstić information content (AvgIpc) is 3.17. The highest BCUT2D eigenvalue weighted by Crippen LogP contribution is 2.21. The summed E-state index contributed by atoms with van der Waals surface area (Å²) in [4.78, 5) is 29.1. The third-order valence-electron chi connectivity index (χ3n) is 5.41.